The largest absolute Gasteiger partial charge is 0.471 e. The summed E-state index contributed by atoms with van der Waals surface area (Å²) in [5, 5.41) is 3.78. The number of β-lactam (4-membered cyclic amide) rings is 1. The monoisotopic (exact) mass is 341 g/mol. The fourth-order valence-electron chi connectivity index (χ4n) is 2.81. The molecule has 4 rings (SSSR count). The first-order valence-corrected chi connectivity index (χ1v) is 8.59. The number of amides is 1. The topological polar surface area (TPSA) is 55.8 Å². The minimum Gasteiger partial charge on any atom is -0.471 e. The van der Waals surface area contributed by atoms with Crippen LogP contribution in [-0.4, -0.2) is 29.5 Å². The quantitative estimate of drug-likeness (QED) is 0.487. The highest BCUT2D eigenvalue weighted by molar-refractivity contribution is 7.08. The zero-order valence-corrected chi connectivity index (χ0v) is 13.6. The SMILES string of the molecule is O=C(OCc1ccccc1)C(=C1CN2C(=O)CC2O1)c1ccsc1. The number of hydrogen-bond acceptors (Lipinski definition) is 5. The molecule has 1 amide bonds. The van der Waals surface area contributed by atoms with Crippen molar-refractivity contribution in [2.24, 2.45) is 0 Å². The summed E-state index contributed by atoms with van der Waals surface area (Å²) >= 11 is 1.50. The summed E-state index contributed by atoms with van der Waals surface area (Å²) in [6.07, 6.45) is 0.141. The van der Waals surface area contributed by atoms with Gasteiger partial charge in [0.15, 0.2) is 6.23 Å². The van der Waals surface area contributed by atoms with Gasteiger partial charge in [-0.3, -0.25) is 9.69 Å². The Labute approximate surface area is 143 Å². The number of rotatable bonds is 4. The molecule has 5 nitrogen and oxygen atoms in total. The van der Waals surface area contributed by atoms with E-state index in [9.17, 15) is 9.59 Å². The molecule has 1 aromatic carbocycles. The zero-order chi connectivity index (χ0) is 16.5. The smallest absolute Gasteiger partial charge is 0.342 e. The summed E-state index contributed by atoms with van der Waals surface area (Å²) < 4.78 is 11.2. The Balaban J connectivity index is 1.57. The van der Waals surface area contributed by atoms with Gasteiger partial charge in [0.2, 0.25) is 5.91 Å². The molecular formula is C18H15NO4S. The van der Waals surface area contributed by atoms with E-state index >= 15 is 0 Å². The van der Waals surface area contributed by atoms with Crippen LogP contribution in [0.4, 0.5) is 0 Å². The van der Waals surface area contributed by atoms with Crippen LogP contribution in [0.3, 0.4) is 0 Å². The van der Waals surface area contributed by atoms with Gasteiger partial charge in [-0.05, 0) is 22.4 Å². The van der Waals surface area contributed by atoms with Crippen LogP contribution in [0.15, 0.2) is 52.9 Å². The lowest BCUT2D eigenvalue weighted by Crippen LogP contribution is -2.48. The summed E-state index contributed by atoms with van der Waals surface area (Å²) in [5.41, 5.74) is 2.10. The van der Waals surface area contributed by atoms with Gasteiger partial charge >= 0.3 is 5.97 Å². The lowest BCUT2D eigenvalue weighted by molar-refractivity contribution is -0.153. The van der Waals surface area contributed by atoms with Crippen LogP contribution in [0, 0.1) is 0 Å². The van der Waals surface area contributed by atoms with Gasteiger partial charge in [0.1, 0.15) is 17.9 Å². The summed E-state index contributed by atoms with van der Waals surface area (Å²) in [4.78, 5) is 25.8. The number of thiophene rings is 1. The van der Waals surface area contributed by atoms with Crippen LogP contribution in [-0.2, 0) is 25.7 Å². The number of esters is 1. The molecule has 24 heavy (non-hydrogen) atoms. The second kappa shape index (κ2) is 6.13. The first-order chi connectivity index (χ1) is 11.7. The first-order valence-electron chi connectivity index (χ1n) is 7.65. The molecule has 3 heterocycles. The standard InChI is InChI=1S/C18H15NO4S/c20-15-8-16-19(15)9-14(23-16)17(13-6-7-24-11-13)18(21)22-10-12-4-2-1-3-5-12/h1-7,11,16H,8-10H2. The Morgan fingerprint density at radius 1 is 1.29 bits per heavy atom. The molecule has 122 valence electrons. The molecule has 1 aromatic heterocycles. The molecule has 2 aliphatic rings. The van der Waals surface area contributed by atoms with Crippen molar-refractivity contribution in [1.29, 1.82) is 0 Å². The van der Waals surface area contributed by atoms with Gasteiger partial charge in [0, 0.05) is 5.56 Å². The van der Waals surface area contributed by atoms with Crippen LogP contribution < -0.4 is 0 Å². The Hall–Kier alpha value is -2.60. The molecule has 2 aromatic rings. The van der Waals surface area contributed by atoms with Gasteiger partial charge < -0.3 is 9.47 Å². The van der Waals surface area contributed by atoms with Gasteiger partial charge in [-0.15, -0.1) is 0 Å². The maximum atomic E-state index is 12.7. The lowest BCUT2D eigenvalue weighted by Gasteiger charge is -2.30. The van der Waals surface area contributed by atoms with Crippen LogP contribution in [0.5, 0.6) is 0 Å². The Morgan fingerprint density at radius 2 is 2.12 bits per heavy atom. The second-order valence-electron chi connectivity index (χ2n) is 5.67. The third-order valence-corrected chi connectivity index (χ3v) is 4.80. The van der Waals surface area contributed by atoms with Crippen LogP contribution in [0.25, 0.3) is 5.57 Å². The molecule has 1 unspecified atom stereocenters. The predicted octanol–water partition coefficient (Wildman–Crippen LogP) is 2.79. The third kappa shape index (κ3) is 2.69. The number of carbonyl (C=O) groups excluding carboxylic acids is 2. The number of hydrogen-bond donors (Lipinski definition) is 0. The average Bonchev–Trinajstić information content (AvgIpc) is 3.23. The van der Waals surface area contributed by atoms with Crippen molar-refractivity contribution < 1.29 is 19.1 Å². The van der Waals surface area contributed by atoms with Crippen molar-refractivity contribution in [3.05, 3.63) is 64.0 Å². The van der Waals surface area contributed by atoms with Crippen LogP contribution in [0.2, 0.25) is 0 Å². The summed E-state index contributed by atoms with van der Waals surface area (Å²) in [6.45, 7) is 0.530. The predicted molar refractivity (Wildman–Crippen MR) is 88.7 cm³/mol. The lowest BCUT2D eigenvalue weighted by atomic mass is 10.1. The molecule has 1 atom stereocenters. The van der Waals surface area contributed by atoms with E-state index in [1.165, 1.54) is 11.3 Å². The van der Waals surface area contributed by atoms with Crippen molar-refractivity contribution in [2.45, 2.75) is 19.3 Å². The van der Waals surface area contributed by atoms with E-state index in [-0.39, 0.29) is 18.7 Å². The number of nitrogens with zero attached hydrogens (tertiary/aromatic N) is 1. The van der Waals surface area contributed by atoms with Gasteiger partial charge in [-0.25, -0.2) is 4.79 Å². The van der Waals surface area contributed by atoms with Crippen molar-refractivity contribution >= 4 is 28.8 Å². The van der Waals surface area contributed by atoms with Crippen LogP contribution >= 0.6 is 11.3 Å². The number of carbonyl (C=O) groups is 2. The molecule has 0 spiro atoms. The molecule has 0 saturated carbocycles. The molecular weight excluding hydrogens is 326 g/mol. The summed E-state index contributed by atoms with van der Waals surface area (Å²) in [7, 11) is 0. The minimum atomic E-state index is -0.429. The van der Waals surface area contributed by atoms with Gasteiger partial charge in [-0.1, -0.05) is 30.3 Å². The third-order valence-electron chi connectivity index (χ3n) is 4.12. The molecule has 2 aliphatic heterocycles. The zero-order valence-electron chi connectivity index (χ0n) is 12.8. The molecule has 6 heteroatoms. The Bertz CT molecular complexity index is 798. The maximum absolute atomic E-state index is 12.7. The highest BCUT2D eigenvalue weighted by Crippen LogP contribution is 2.35. The van der Waals surface area contributed by atoms with Crippen molar-refractivity contribution in [3.63, 3.8) is 0 Å². The molecule has 2 fully saturated rings. The van der Waals surface area contributed by atoms with E-state index in [1.54, 1.807) is 4.90 Å². The van der Waals surface area contributed by atoms with E-state index in [2.05, 4.69) is 0 Å². The first kappa shape index (κ1) is 15.0. The van der Waals surface area contributed by atoms with Crippen LogP contribution in [0.1, 0.15) is 17.5 Å². The van der Waals surface area contributed by atoms with Crippen molar-refractivity contribution in [3.8, 4) is 0 Å². The van der Waals surface area contributed by atoms with Gasteiger partial charge in [0.25, 0.3) is 0 Å². The highest BCUT2D eigenvalue weighted by atomic mass is 32.1. The summed E-state index contributed by atoms with van der Waals surface area (Å²) in [5.74, 6) is 0.141. The Kier molecular flexibility index (Phi) is 3.82. The molecule has 0 N–H and O–H groups in total. The van der Waals surface area contributed by atoms with E-state index in [1.807, 2.05) is 47.2 Å². The normalized spacial score (nSPS) is 20.9. The van der Waals surface area contributed by atoms with Crippen molar-refractivity contribution in [1.82, 2.24) is 4.90 Å². The van der Waals surface area contributed by atoms with E-state index < -0.39 is 5.97 Å². The second-order valence-corrected chi connectivity index (χ2v) is 6.45. The van der Waals surface area contributed by atoms with E-state index in [0.29, 0.717) is 24.3 Å². The summed E-state index contributed by atoms with van der Waals surface area (Å²) in [6, 6.07) is 11.4. The van der Waals surface area contributed by atoms with E-state index in [0.717, 1.165) is 11.1 Å². The number of ether oxygens (including phenoxy) is 2. The highest BCUT2D eigenvalue weighted by Gasteiger charge is 2.45. The fourth-order valence-corrected chi connectivity index (χ4v) is 3.46. The fraction of sp³-hybridized carbons (Fsp3) is 0.222. The molecule has 2 saturated heterocycles. The average molecular weight is 341 g/mol. The molecule has 0 aliphatic carbocycles. The number of fused-ring (bicyclic) bond motifs is 1. The Morgan fingerprint density at radius 3 is 2.79 bits per heavy atom. The maximum Gasteiger partial charge on any atom is 0.342 e. The minimum absolute atomic E-state index is 0.0531. The van der Waals surface area contributed by atoms with E-state index in [4.69, 9.17) is 9.47 Å². The van der Waals surface area contributed by atoms with Crippen molar-refractivity contribution in [2.75, 3.05) is 6.54 Å². The molecule has 0 radical (unpaired) electrons. The number of benzene rings is 1. The molecule has 0 bridgehead atoms. The van der Waals surface area contributed by atoms with Gasteiger partial charge in [-0.2, -0.15) is 11.3 Å². The van der Waals surface area contributed by atoms with Gasteiger partial charge in [0.05, 0.1) is 13.0 Å².